The number of hydrogen-bond donors (Lipinski definition) is 1. The number of likely N-dealkylation sites (N-methyl/N-ethyl adjacent to an activating group) is 1. The van der Waals surface area contributed by atoms with Gasteiger partial charge >= 0.3 is 0 Å². The molecule has 1 saturated heterocycles. The maximum Gasteiger partial charge on any atom is 0.103 e. The fraction of sp³-hybridized carbons (Fsp3) is 0.455. The van der Waals surface area contributed by atoms with Gasteiger partial charge in [-0.1, -0.05) is 29.3 Å². The summed E-state index contributed by atoms with van der Waals surface area (Å²) in [6.45, 7) is 1.54. The number of halogens is 2. The zero-order valence-corrected chi connectivity index (χ0v) is 10.0. The molecule has 0 aliphatic carbocycles. The molecule has 0 aromatic heterocycles. The SMILES string of the molecule is CN1CCC(O)(c2ccc(Cl)c(Cl)c2)C1. The van der Waals surface area contributed by atoms with Gasteiger partial charge in [-0.25, -0.2) is 0 Å². The average Bonchev–Trinajstić information content (AvgIpc) is 2.52. The summed E-state index contributed by atoms with van der Waals surface area (Å²) in [5.74, 6) is 0. The third-order valence-electron chi connectivity index (χ3n) is 2.90. The quantitative estimate of drug-likeness (QED) is 0.823. The van der Waals surface area contributed by atoms with E-state index in [1.54, 1.807) is 12.1 Å². The molecule has 1 aromatic rings. The van der Waals surface area contributed by atoms with Crippen LogP contribution in [0.2, 0.25) is 10.0 Å². The Morgan fingerprint density at radius 3 is 2.60 bits per heavy atom. The Bertz CT molecular complexity index is 383. The molecule has 1 atom stereocenters. The minimum Gasteiger partial charge on any atom is -0.384 e. The summed E-state index contributed by atoms with van der Waals surface area (Å²) < 4.78 is 0. The summed E-state index contributed by atoms with van der Waals surface area (Å²) >= 11 is 11.8. The smallest absolute Gasteiger partial charge is 0.103 e. The van der Waals surface area contributed by atoms with E-state index in [1.165, 1.54) is 0 Å². The van der Waals surface area contributed by atoms with Crippen molar-refractivity contribution in [2.75, 3.05) is 20.1 Å². The molecule has 2 nitrogen and oxygen atoms in total. The maximum absolute atomic E-state index is 10.4. The van der Waals surface area contributed by atoms with Crippen molar-refractivity contribution in [1.82, 2.24) is 4.90 Å². The van der Waals surface area contributed by atoms with Crippen molar-refractivity contribution in [2.45, 2.75) is 12.0 Å². The highest BCUT2D eigenvalue weighted by molar-refractivity contribution is 6.42. The van der Waals surface area contributed by atoms with Gasteiger partial charge in [0.1, 0.15) is 5.60 Å². The zero-order chi connectivity index (χ0) is 11.1. The second-order valence-electron chi connectivity index (χ2n) is 4.15. The largest absolute Gasteiger partial charge is 0.384 e. The first-order valence-electron chi connectivity index (χ1n) is 4.88. The van der Waals surface area contributed by atoms with E-state index < -0.39 is 5.60 Å². The van der Waals surface area contributed by atoms with Gasteiger partial charge in [0.25, 0.3) is 0 Å². The Kier molecular flexibility index (Phi) is 2.95. The van der Waals surface area contributed by atoms with Crippen molar-refractivity contribution in [1.29, 1.82) is 0 Å². The number of likely N-dealkylation sites (tertiary alicyclic amines) is 1. The normalized spacial score (nSPS) is 27.2. The molecule has 1 unspecified atom stereocenters. The van der Waals surface area contributed by atoms with E-state index in [0.717, 1.165) is 18.5 Å². The Balaban J connectivity index is 2.33. The minimum atomic E-state index is -0.775. The van der Waals surface area contributed by atoms with Crippen LogP contribution in [0.15, 0.2) is 18.2 Å². The Hall–Kier alpha value is -0.280. The summed E-state index contributed by atoms with van der Waals surface area (Å²) in [4.78, 5) is 2.10. The third-order valence-corrected chi connectivity index (χ3v) is 3.63. The molecular formula is C11H13Cl2NO. The summed E-state index contributed by atoms with van der Waals surface area (Å²) in [6, 6.07) is 5.33. The molecule has 15 heavy (non-hydrogen) atoms. The second kappa shape index (κ2) is 3.95. The standard InChI is InChI=1S/C11H13Cl2NO/c1-14-5-4-11(15,7-14)8-2-3-9(12)10(13)6-8/h2-3,6,15H,4-5,7H2,1H3. The number of hydrogen-bond acceptors (Lipinski definition) is 2. The van der Waals surface area contributed by atoms with Crippen LogP contribution < -0.4 is 0 Å². The van der Waals surface area contributed by atoms with Gasteiger partial charge in [0, 0.05) is 13.1 Å². The van der Waals surface area contributed by atoms with Crippen LogP contribution in [-0.2, 0) is 5.60 Å². The highest BCUT2D eigenvalue weighted by Crippen LogP contribution is 2.34. The molecule has 2 rings (SSSR count). The molecule has 4 heteroatoms. The van der Waals surface area contributed by atoms with E-state index in [9.17, 15) is 5.11 Å². The lowest BCUT2D eigenvalue weighted by atomic mass is 9.93. The van der Waals surface area contributed by atoms with Crippen molar-refractivity contribution in [2.24, 2.45) is 0 Å². The van der Waals surface area contributed by atoms with Crippen molar-refractivity contribution in [3.63, 3.8) is 0 Å². The molecule has 1 N–H and O–H groups in total. The summed E-state index contributed by atoms with van der Waals surface area (Å²) in [6.07, 6.45) is 0.738. The van der Waals surface area contributed by atoms with Crippen LogP contribution in [0.1, 0.15) is 12.0 Å². The maximum atomic E-state index is 10.4. The molecule has 1 aromatic carbocycles. The van der Waals surface area contributed by atoms with Gasteiger partial charge in [-0.05, 0) is 31.2 Å². The molecule has 0 bridgehead atoms. The summed E-state index contributed by atoms with van der Waals surface area (Å²) in [5, 5.41) is 11.4. The van der Waals surface area contributed by atoms with Crippen LogP contribution >= 0.6 is 23.2 Å². The Labute approximate surface area is 99.4 Å². The van der Waals surface area contributed by atoms with Crippen molar-refractivity contribution in [3.05, 3.63) is 33.8 Å². The van der Waals surface area contributed by atoms with E-state index in [0.29, 0.717) is 16.6 Å². The van der Waals surface area contributed by atoms with Crippen LogP contribution in [-0.4, -0.2) is 30.1 Å². The highest BCUT2D eigenvalue weighted by atomic mass is 35.5. The fourth-order valence-electron chi connectivity index (χ4n) is 2.00. The number of β-amino-alcohol motifs (C(OH)–C–C–N with tert-alkyl or cyclic N) is 1. The second-order valence-corrected chi connectivity index (χ2v) is 4.96. The summed E-state index contributed by atoms with van der Waals surface area (Å²) in [7, 11) is 2.00. The van der Waals surface area contributed by atoms with E-state index in [2.05, 4.69) is 4.90 Å². The van der Waals surface area contributed by atoms with Crippen LogP contribution in [0.4, 0.5) is 0 Å². The molecule has 0 saturated carbocycles. The molecule has 1 aliphatic heterocycles. The lowest BCUT2D eigenvalue weighted by Crippen LogP contribution is -2.29. The number of benzene rings is 1. The lowest BCUT2D eigenvalue weighted by molar-refractivity contribution is 0.0489. The first-order chi connectivity index (χ1) is 7.01. The molecular weight excluding hydrogens is 233 g/mol. The van der Waals surface area contributed by atoms with Crippen LogP contribution in [0, 0.1) is 0 Å². The fourth-order valence-corrected chi connectivity index (χ4v) is 2.30. The number of rotatable bonds is 1. The van der Waals surface area contributed by atoms with E-state index in [-0.39, 0.29) is 0 Å². The van der Waals surface area contributed by atoms with Crippen LogP contribution in [0.5, 0.6) is 0 Å². The molecule has 1 heterocycles. The molecule has 82 valence electrons. The predicted octanol–water partition coefficient (Wildman–Crippen LogP) is 2.52. The van der Waals surface area contributed by atoms with Crippen LogP contribution in [0.3, 0.4) is 0 Å². The molecule has 0 amide bonds. The average molecular weight is 246 g/mol. The van der Waals surface area contributed by atoms with E-state index >= 15 is 0 Å². The number of aliphatic hydroxyl groups is 1. The van der Waals surface area contributed by atoms with Gasteiger partial charge in [-0.2, -0.15) is 0 Å². The van der Waals surface area contributed by atoms with Gasteiger partial charge in [-0.15, -0.1) is 0 Å². The van der Waals surface area contributed by atoms with Gasteiger partial charge in [0.15, 0.2) is 0 Å². The topological polar surface area (TPSA) is 23.5 Å². The van der Waals surface area contributed by atoms with E-state index in [4.69, 9.17) is 23.2 Å². The number of nitrogens with zero attached hydrogens (tertiary/aromatic N) is 1. The van der Waals surface area contributed by atoms with Crippen molar-refractivity contribution < 1.29 is 5.11 Å². The first kappa shape index (κ1) is 11.2. The first-order valence-corrected chi connectivity index (χ1v) is 5.63. The van der Waals surface area contributed by atoms with Gasteiger partial charge in [0.2, 0.25) is 0 Å². The Morgan fingerprint density at radius 1 is 1.33 bits per heavy atom. The molecule has 1 aliphatic rings. The zero-order valence-electron chi connectivity index (χ0n) is 8.50. The van der Waals surface area contributed by atoms with Gasteiger partial charge < -0.3 is 10.0 Å². The van der Waals surface area contributed by atoms with Gasteiger partial charge in [-0.3, -0.25) is 0 Å². The highest BCUT2D eigenvalue weighted by Gasteiger charge is 2.36. The summed E-state index contributed by atoms with van der Waals surface area (Å²) in [5.41, 5.74) is 0.0736. The van der Waals surface area contributed by atoms with Gasteiger partial charge in [0.05, 0.1) is 10.0 Å². The van der Waals surface area contributed by atoms with Crippen molar-refractivity contribution in [3.8, 4) is 0 Å². The van der Waals surface area contributed by atoms with Crippen molar-refractivity contribution >= 4 is 23.2 Å². The molecule has 1 fully saturated rings. The Morgan fingerprint density at radius 2 is 2.07 bits per heavy atom. The minimum absolute atomic E-state index is 0.497. The molecule has 0 radical (unpaired) electrons. The predicted molar refractivity (Wildman–Crippen MR) is 62.5 cm³/mol. The third kappa shape index (κ3) is 2.13. The van der Waals surface area contributed by atoms with E-state index in [1.807, 2.05) is 13.1 Å². The molecule has 0 spiro atoms. The van der Waals surface area contributed by atoms with Crippen LogP contribution in [0.25, 0.3) is 0 Å². The lowest BCUT2D eigenvalue weighted by Gasteiger charge is -2.23. The monoisotopic (exact) mass is 245 g/mol.